The lowest BCUT2D eigenvalue weighted by Gasteiger charge is -2.11. The highest BCUT2D eigenvalue weighted by Gasteiger charge is 2.09. The van der Waals surface area contributed by atoms with Crippen molar-refractivity contribution in [1.29, 1.82) is 0 Å². The lowest BCUT2D eigenvalue weighted by Crippen LogP contribution is -2.24. The van der Waals surface area contributed by atoms with E-state index in [0.29, 0.717) is 16.6 Å². The molecule has 0 unspecified atom stereocenters. The van der Waals surface area contributed by atoms with Gasteiger partial charge in [-0.1, -0.05) is 42.5 Å². The molecule has 0 saturated carbocycles. The Bertz CT molecular complexity index is 772. The molecule has 0 aliphatic heterocycles. The average molecular weight is 264 g/mol. The molecule has 98 valence electrons. The van der Waals surface area contributed by atoms with Crippen molar-refractivity contribution in [2.75, 3.05) is 5.32 Å². The molecule has 0 bridgehead atoms. The first-order chi connectivity index (χ1) is 9.75. The molecule has 3 aromatic rings. The normalized spacial score (nSPS) is 10.4. The molecule has 0 fully saturated rings. The number of aromatic carboxylic acids is 1. The largest absolute Gasteiger partial charge is 0.543 e. The summed E-state index contributed by atoms with van der Waals surface area (Å²) in [4.78, 5) is 11.1. The second-order valence-corrected chi connectivity index (χ2v) is 4.22. The van der Waals surface area contributed by atoms with E-state index in [4.69, 9.17) is 0 Å². The average Bonchev–Trinajstić information content (AvgIpc) is 2.48. The standard InChI is InChI=1S/C15H11N3O2/c19-15(20)13-11-8-4-5-9-12(11)14(18-17-13)16-10-6-2-1-3-7-10/h1-9H,(H,16,18)(H,19,20)/p-1. The van der Waals surface area contributed by atoms with Crippen molar-refractivity contribution in [2.45, 2.75) is 0 Å². The van der Waals surface area contributed by atoms with Crippen molar-refractivity contribution in [2.24, 2.45) is 0 Å². The Balaban J connectivity index is 2.13. The van der Waals surface area contributed by atoms with Crippen molar-refractivity contribution in [3.63, 3.8) is 0 Å². The van der Waals surface area contributed by atoms with E-state index in [1.54, 1.807) is 18.2 Å². The van der Waals surface area contributed by atoms with Gasteiger partial charge in [-0.25, -0.2) is 0 Å². The van der Waals surface area contributed by atoms with Gasteiger partial charge in [-0.05, 0) is 12.1 Å². The van der Waals surface area contributed by atoms with Crippen molar-refractivity contribution in [3.05, 3.63) is 60.3 Å². The number of hydrogen-bond acceptors (Lipinski definition) is 5. The van der Waals surface area contributed by atoms with Crippen LogP contribution < -0.4 is 10.4 Å². The fraction of sp³-hybridized carbons (Fsp3) is 0. The molecule has 1 heterocycles. The Labute approximate surface area is 114 Å². The van der Waals surface area contributed by atoms with Gasteiger partial charge < -0.3 is 15.2 Å². The molecule has 0 aliphatic carbocycles. The third-order valence-corrected chi connectivity index (χ3v) is 2.92. The number of carboxylic acid groups (broad SMARTS) is 1. The van der Waals surface area contributed by atoms with Crippen molar-refractivity contribution >= 4 is 28.2 Å². The summed E-state index contributed by atoms with van der Waals surface area (Å²) in [5.74, 6) is -0.822. The Kier molecular flexibility index (Phi) is 3.01. The molecule has 1 N–H and O–H groups in total. The minimum atomic E-state index is -1.33. The van der Waals surface area contributed by atoms with Crippen LogP contribution in [0, 0.1) is 0 Å². The molecule has 2 aromatic carbocycles. The van der Waals surface area contributed by atoms with Gasteiger partial charge in [0.25, 0.3) is 0 Å². The number of nitrogens with zero attached hydrogens (tertiary/aromatic N) is 2. The third-order valence-electron chi connectivity index (χ3n) is 2.92. The van der Waals surface area contributed by atoms with E-state index in [1.165, 1.54) is 0 Å². The number of carboxylic acids is 1. The SMILES string of the molecule is O=C([O-])c1nnc(Nc2ccccc2)c2ccccc12. The second-order valence-electron chi connectivity index (χ2n) is 4.22. The summed E-state index contributed by atoms with van der Waals surface area (Å²) in [5.41, 5.74) is 0.701. The molecule has 0 saturated heterocycles. The summed E-state index contributed by atoms with van der Waals surface area (Å²) in [5, 5.41) is 23.0. The first kappa shape index (κ1) is 12.1. The van der Waals surface area contributed by atoms with E-state index in [9.17, 15) is 9.90 Å². The van der Waals surface area contributed by atoms with E-state index in [2.05, 4.69) is 15.5 Å². The summed E-state index contributed by atoms with van der Waals surface area (Å²) < 4.78 is 0. The van der Waals surface area contributed by atoms with Gasteiger partial charge in [0.2, 0.25) is 0 Å². The fourth-order valence-corrected chi connectivity index (χ4v) is 2.01. The third kappa shape index (κ3) is 2.16. The fourth-order valence-electron chi connectivity index (χ4n) is 2.01. The lowest BCUT2D eigenvalue weighted by atomic mass is 10.1. The molecule has 20 heavy (non-hydrogen) atoms. The minimum absolute atomic E-state index is 0.154. The number of hydrogen-bond donors (Lipinski definition) is 1. The van der Waals surface area contributed by atoms with Crippen LogP contribution in [-0.4, -0.2) is 16.2 Å². The van der Waals surface area contributed by atoms with Gasteiger partial charge in [0.15, 0.2) is 5.82 Å². The highest BCUT2D eigenvalue weighted by Crippen LogP contribution is 2.25. The van der Waals surface area contributed by atoms with E-state index in [-0.39, 0.29) is 5.69 Å². The Hall–Kier alpha value is -2.95. The maximum atomic E-state index is 11.1. The zero-order valence-corrected chi connectivity index (χ0v) is 10.4. The molecular weight excluding hydrogens is 254 g/mol. The zero-order valence-electron chi connectivity index (χ0n) is 10.4. The monoisotopic (exact) mass is 264 g/mol. The highest BCUT2D eigenvalue weighted by molar-refractivity contribution is 6.04. The number of carbonyl (C=O) groups excluding carboxylic acids is 1. The summed E-state index contributed by atoms with van der Waals surface area (Å²) in [6.45, 7) is 0. The molecule has 0 spiro atoms. The number of para-hydroxylation sites is 1. The van der Waals surface area contributed by atoms with Gasteiger partial charge in [0, 0.05) is 16.5 Å². The predicted octanol–water partition coefficient (Wildman–Crippen LogP) is 1.74. The van der Waals surface area contributed by atoms with E-state index >= 15 is 0 Å². The quantitative estimate of drug-likeness (QED) is 0.779. The number of fused-ring (bicyclic) bond motifs is 1. The van der Waals surface area contributed by atoms with Crippen LogP contribution in [0.2, 0.25) is 0 Å². The molecular formula is C15H10N3O2-. The van der Waals surface area contributed by atoms with Crippen LogP contribution in [0.4, 0.5) is 11.5 Å². The zero-order chi connectivity index (χ0) is 13.9. The minimum Gasteiger partial charge on any atom is -0.543 e. The molecule has 0 aliphatic rings. The van der Waals surface area contributed by atoms with Gasteiger partial charge >= 0.3 is 0 Å². The van der Waals surface area contributed by atoms with Gasteiger partial charge in [-0.3, -0.25) is 0 Å². The number of rotatable bonds is 3. The molecule has 0 atom stereocenters. The van der Waals surface area contributed by atoms with E-state index in [1.807, 2.05) is 36.4 Å². The van der Waals surface area contributed by atoms with Crippen molar-refractivity contribution in [1.82, 2.24) is 10.2 Å². The maximum Gasteiger partial charge on any atom is 0.161 e. The molecule has 1 aromatic heterocycles. The molecule has 0 radical (unpaired) electrons. The first-order valence-corrected chi connectivity index (χ1v) is 6.04. The summed E-state index contributed by atoms with van der Waals surface area (Å²) in [6.07, 6.45) is 0. The lowest BCUT2D eigenvalue weighted by molar-refractivity contribution is -0.255. The number of benzene rings is 2. The number of nitrogens with one attached hydrogen (secondary N) is 1. The van der Waals surface area contributed by atoms with Crippen LogP contribution in [0.3, 0.4) is 0 Å². The van der Waals surface area contributed by atoms with Crippen LogP contribution in [0.25, 0.3) is 10.8 Å². The summed E-state index contributed by atoms with van der Waals surface area (Å²) in [6, 6.07) is 16.5. The second kappa shape index (κ2) is 4.97. The van der Waals surface area contributed by atoms with Crippen LogP contribution in [0.1, 0.15) is 10.5 Å². The molecule has 3 rings (SSSR count). The smallest absolute Gasteiger partial charge is 0.161 e. The van der Waals surface area contributed by atoms with E-state index in [0.717, 1.165) is 5.69 Å². The van der Waals surface area contributed by atoms with Gasteiger partial charge in [0.05, 0.1) is 5.97 Å². The molecule has 5 heteroatoms. The first-order valence-electron chi connectivity index (χ1n) is 6.04. The Morgan fingerprint density at radius 2 is 1.55 bits per heavy atom. The maximum absolute atomic E-state index is 11.1. The number of carbonyl (C=O) groups is 1. The van der Waals surface area contributed by atoms with Crippen LogP contribution >= 0.6 is 0 Å². The summed E-state index contributed by atoms with van der Waals surface area (Å²) in [7, 11) is 0. The number of anilines is 2. The van der Waals surface area contributed by atoms with Gasteiger partial charge in [-0.15, -0.1) is 10.2 Å². The van der Waals surface area contributed by atoms with Crippen molar-refractivity contribution < 1.29 is 9.90 Å². The topological polar surface area (TPSA) is 77.9 Å². The Morgan fingerprint density at radius 3 is 2.25 bits per heavy atom. The number of aromatic nitrogens is 2. The molecule has 0 amide bonds. The van der Waals surface area contributed by atoms with Gasteiger partial charge in [-0.2, -0.15) is 0 Å². The highest BCUT2D eigenvalue weighted by atomic mass is 16.4. The summed E-state index contributed by atoms with van der Waals surface area (Å²) >= 11 is 0. The van der Waals surface area contributed by atoms with Crippen molar-refractivity contribution in [3.8, 4) is 0 Å². The van der Waals surface area contributed by atoms with Crippen LogP contribution in [-0.2, 0) is 0 Å². The van der Waals surface area contributed by atoms with Gasteiger partial charge in [0.1, 0.15) is 5.69 Å². The predicted molar refractivity (Wildman–Crippen MR) is 73.6 cm³/mol. The van der Waals surface area contributed by atoms with E-state index < -0.39 is 5.97 Å². The van der Waals surface area contributed by atoms with Crippen LogP contribution in [0.15, 0.2) is 54.6 Å². The Morgan fingerprint density at radius 1 is 0.900 bits per heavy atom. The molecule has 5 nitrogen and oxygen atoms in total. The van der Waals surface area contributed by atoms with Crippen LogP contribution in [0.5, 0.6) is 0 Å².